The highest BCUT2D eigenvalue weighted by Gasteiger charge is 2.13. The Balaban J connectivity index is 2.16. The van der Waals surface area contributed by atoms with Crippen molar-refractivity contribution >= 4 is 38.9 Å². The summed E-state index contributed by atoms with van der Waals surface area (Å²) in [4.78, 5) is 0. The van der Waals surface area contributed by atoms with E-state index in [4.69, 9.17) is 11.6 Å². The van der Waals surface area contributed by atoms with Gasteiger partial charge in [0.15, 0.2) is 0 Å². The number of rotatable bonds is 3. The van der Waals surface area contributed by atoms with Gasteiger partial charge in [-0.2, -0.15) is 0 Å². The average Bonchev–Trinajstić information content (AvgIpc) is 2.74. The molecule has 19 heavy (non-hydrogen) atoms. The van der Waals surface area contributed by atoms with E-state index in [2.05, 4.69) is 52.2 Å². The molecule has 0 aliphatic heterocycles. The van der Waals surface area contributed by atoms with E-state index < -0.39 is 0 Å². The molecule has 0 saturated carbocycles. The average molecular weight is 361 g/mol. The van der Waals surface area contributed by atoms with E-state index in [0.717, 1.165) is 26.6 Å². The number of hydrogen-bond donors (Lipinski definition) is 1. The molecule has 6 heteroatoms. The lowest BCUT2D eigenvalue weighted by Crippen LogP contribution is -2.35. The number of hydrogen-bond acceptors (Lipinski definition) is 4. The monoisotopic (exact) mass is 359 g/mol. The Kier molecular flexibility index (Phi) is 4.61. The van der Waals surface area contributed by atoms with Gasteiger partial charge < -0.3 is 5.32 Å². The van der Waals surface area contributed by atoms with Gasteiger partial charge in [-0.05, 0) is 39.0 Å². The smallest absolute Gasteiger partial charge is 0.148 e. The van der Waals surface area contributed by atoms with Crippen LogP contribution in [-0.2, 0) is 6.54 Å². The highest BCUT2D eigenvalue weighted by molar-refractivity contribution is 9.10. The molecule has 0 amide bonds. The van der Waals surface area contributed by atoms with Gasteiger partial charge in [0, 0.05) is 20.6 Å². The molecule has 0 radical (unpaired) electrons. The molecule has 3 nitrogen and oxygen atoms in total. The van der Waals surface area contributed by atoms with Gasteiger partial charge in [-0.3, -0.25) is 0 Å². The highest BCUT2D eigenvalue weighted by atomic mass is 79.9. The summed E-state index contributed by atoms with van der Waals surface area (Å²) in [7, 11) is 0. The molecule has 2 rings (SSSR count). The topological polar surface area (TPSA) is 37.8 Å². The molecule has 0 fully saturated rings. The largest absolute Gasteiger partial charge is 0.306 e. The van der Waals surface area contributed by atoms with E-state index in [1.54, 1.807) is 11.3 Å². The Labute approximate surface area is 130 Å². The maximum Gasteiger partial charge on any atom is 0.148 e. The van der Waals surface area contributed by atoms with Crippen LogP contribution < -0.4 is 5.32 Å². The first-order valence-corrected chi connectivity index (χ1v) is 7.87. The van der Waals surface area contributed by atoms with E-state index >= 15 is 0 Å². The zero-order chi connectivity index (χ0) is 14.0. The minimum Gasteiger partial charge on any atom is -0.306 e. The summed E-state index contributed by atoms with van der Waals surface area (Å²) in [5.74, 6) is 0. The van der Waals surface area contributed by atoms with E-state index in [9.17, 15) is 0 Å². The molecular formula is C13H15BrClN3S. The lowest BCUT2D eigenvalue weighted by atomic mass is 10.1. The molecule has 1 N–H and O–H groups in total. The number of aromatic nitrogens is 2. The van der Waals surface area contributed by atoms with Crippen LogP contribution in [0, 0.1) is 0 Å². The van der Waals surface area contributed by atoms with Crippen LogP contribution in [-0.4, -0.2) is 15.7 Å². The van der Waals surface area contributed by atoms with Crippen LogP contribution in [0.4, 0.5) is 0 Å². The third kappa shape index (κ3) is 4.24. The van der Waals surface area contributed by atoms with Gasteiger partial charge >= 0.3 is 0 Å². The second-order valence-corrected chi connectivity index (χ2v) is 7.58. The van der Waals surface area contributed by atoms with Crippen molar-refractivity contribution in [2.75, 3.05) is 0 Å². The van der Waals surface area contributed by atoms with Gasteiger partial charge in [0.1, 0.15) is 10.0 Å². The van der Waals surface area contributed by atoms with Gasteiger partial charge in [-0.1, -0.05) is 38.9 Å². The van der Waals surface area contributed by atoms with Crippen molar-refractivity contribution in [3.05, 3.63) is 32.7 Å². The van der Waals surface area contributed by atoms with E-state index in [1.807, 2.05) is 18.2 Å². The van der Waals surface area contributed by atoms with Crippen LogP contribution in [0.5, 0.6) is 0 Å². The molecule has 0 bridgehead atoms. The Morgan fingerprint density at radius 3 is 2.68 bits per heavy atom. The number of halogens is 2. The Morgan fingerprint density at radius 1 is 1.32 bits per heavy atom. The maximum atomic E-state index is 5.94. The van der Waals surface area contributed by atoms with E-state index in [1.165, 1.54) is 0 Å². The summed E-state index contributed by atoms with van der Waals surface area (Å²) in [5.41, 5.74) is 1.09. The molecule has 0 aliphatic carbocycles. The molecule has 1 aromatic carbocycles. The SMILES string of the molecule is CC(C)(C)NCc1nnc(-c2ccc(Cl)cc2Br)s1. The van der Waals surface area contributed by atoms with Crippen LogP contribution in [0.2, 0.25) is 5.02 Å². The second kappa shape index (κ2) is 5.87. The standard InChI is InChI=1S/C13H15BrClN3S/c1-13(2,3)16-7-11-17-18-12(19-11)9-5-4-8(15)6-10(9)14/h4-6,16H,7H2,1-3H3. The zero-order valence-corrected chi connectivity index (χ0v) is 14.2. The molecule has 0 unspecified atom stereocenters. The third-order valence-electron chi connectivity index (χ3n) is 2.40. The quantitative estimate of drug-likeness (QED) is 0.875. The fourth-order valence-electron chi connectivity index (χ4n) is 1.44. The van der Waals surface area contributed by atoms with Crippen molar-refractivity contribution in [2.45, 2.75) is 32.9 Å². The fraction of sp³-hybridized carbons (Fsp3) is 0.385. The minimum atomic E-state index is 0.0761. The number of nitrogens with one attached hydrogen (secondary N) is 1. The maximum absolute atomic E-state index is 5.94. The molecule has 1 heterocycles. The van der Waals surface area contributed by atoms with Crippen LogP contribution in [0.3, 0.4) is 0 Å². The van der Waals surface area contributed by atoms with E-state index in [0.29, 0.717) is 5.02 Å². The summed E-state index contributed by atoms with van der Waals surface area (Å²) < 4.78 is 0.937. The first-order chi connectivity index (χ1) is 8.85. The van der Waals surface area contributed by atoms with Crippen molar-refractivity contribution in [3.63, 3.8) is 0 Å². The molecule has 0 aliphatic rings. The molecule has 1 aromatic heterocycles. The minimum absolute atomic E-state index is 0.0761. The van der Waals surface area contributed by atoms with E-state index in [-0.39, 0.29) is 5.54 Å². The normalized spacial score (nSPS) is 11.8. The lowest BCUT2D eigenvalue weighted by molar-refractivity contribution is 0.423. The van der Waals surface area contributed by atoms with Crippen molar-refractivity contribution in [1.29, 1.82) is 0 Å². The first kappa shape index (κ1) is 14.9. The molecule has 0 atom stereocenters. The summed E-state index contributed by atoms with van der Waals surface area (Å²) in [5, 5.41) is 14.4. The Bertz CT molecular complexity index is 578. The van der Waals surface area contributed by atoms with Crippen molar-refractivity contribution in [1.82, 2.24) is 15.5 Å². The summed E-state index contributed by atoms with van der Waals surface area (Å²) in [6.45, 7) is 7.12. The molecule has 102 valence electrons. The molecular weight excluding hydrogens is 346 g/mol. The van der Waals surface area contributed by atoms with Crippen molar-refractivity contribution in [2.24, 2.45) is 0 Å². The number of benzene rings is 1. The first-order valence-electron chi connectivity index (χ1n) is 5.88. The second-order valence-electron chi connectivity index (χ2n) is 5.23. The van der Waals surface area contributed by atoms with Gasteiger partial charge in [-0.15, -0.1) is 10.2 Å². The molecule has 2 aromatic rings. The molecule has 0 spiro atoms. The van der Waals surface area contributed by atoms with Crippen LogP contribution in [0.1, 0.15) is 25.8 Å². The summed E-state index contributed by atoms with van der Waals surface area (Å²) in [6, 6.07) is 5.68. The van der Waals surface area contributed by atoms with Crippen molar-refractivity contribution < 1.29 is 0 Å². The predicted molar refractivity (Wildman–Crippen MR) is 84.6 cm³/mol. The Morgan fingerprint density at radius 2 is 2.05 bits per heavy atom. The lowest BCUT2D eigenvalue weighted by Gasteiger charge is -2.19. The van der Waals surface area contributed by atoms with Gasteiger partial charge in [0.05, 0.1) is 6.54 Å². The third-order valence-corrected chi connectivity index (χ3v) is 4.25. The van der Waals surface area contributed by atoms with Crippen LogP contribution in [0.25, 0.3) is 10.6 Å². The van der Waals surface area contributed by atoms with Gasteiger partial charge in [-0.25, -0.2) is 0 Å². The highest BCUT2D eigenvalue weighted by Crippen LogP contribution is 2.32. The fourth-order valence-corrected chi connectivity index (χ4v) is 3.26. The van der Waals surface area contributed by atoms with Crippen LogP contribution in [0.15, 0.2) is 22.7 Å². The number of nitrogens with zero attached hydrogens (tertiary/aromatic N) is 2. The summed E-state index contributed by atoms with van der Waals surface area (Å²) in [6.07, 6.45) is 0. The molecule has 0 saturated heterocycles. The zero-order valence-electron chi connectivity index (χ0n) is 11.0. The van der Waals surface area contributed by atoms with Crippen molar-refractivity contribution in [3.8, 4) is 10.6 Å². The predicted octanol–water partition coefficient (Wildman–Crippen LogP) is 4.51. The van der Waals surface area contributed by atoms with Crippen LogP contribution >= 0.6 is 38.9 Å². The van der Waals surface area contributed by atoms with Gasteiger partial charge in [0.2, 0.25) is 0 Å². The Hall–Kier alpha value is -0.490. The summed E-state index contributed by atoms with van der Waals surface area (Å²) >= 11 is 11.0. The van der Waals surface area contributed by atoms with Gasteiger partial charge in [0.25, 0.3) is 0 Å².